The van der Waals surface area contributed by atoms with Crippen molar-refractivity contribution in [2.75, 3.05) is 26.7 Å². The Bertz CT molecular complexity index is 574. The van der Waals surface area contributed by atoms with Crippen LogP contribution in [0.25, 0.3) is 6.08 Å². The van der Waals surface area contributed by atoms with Crippen molar-refractivity contribution in [3.63, 3.8) is 0 Å². The summed E-state index contributed by atoms with van der Waals surface area (Å²) < 4.78 is 18.4. The van der Waals surface area contributed by atoms with E-state index in [1.165, 1.54) is 38.5 Å². The van der Waals surface area contributed by atoms with Crippen LogP contribution in [0.3, 0.4) is 0 Å². The van der Waals surface area contributed by atoms with Crippen molar-refractivity contribution in [2.45, 2.75) is 38.6 Å². The third-order valence-corrected chi connectivity index (χ3v) is 4.46. The van der Waals surface area contributed by atoms with Gasteiger partial charge in [-0.25, -0.2) is 4.39 Å². The number of halogens is 1. The molecule has 1 aliphatic heterocycles. The lowest BCUT2D eigenvalue weighted by atomic mass is 10.0. The Kier molecular flexibility index (Phi) is 7.25. The van der Waals surface area contributed by atoms with Crippen LogP contribution in [0.1, 0.15) is 38.2 Å². The average molecular weight is 334 g/mol. The summed E-state index contributed by atoms with van der Waals surface area (Å²) in [6.07, 6.45) is 7.85. The molecule has 1 aliphatic rings. The van der Waals surface area contributed by atoms with Gasteiger partial charge in [0.05, 0.1) is 7.11 Å². The maximum absolute atomic E-state index is 13.6. The predicted molar refractivity (Wildman–Crippen MR) is 94.5 cm³/mol. The summed E-state index contributed by atoms with van der Waals surface area (Å²) >= 11 is 0. The first kappa shape index (κ1) is 18.5. The van der Waals surface area contributed by atoms with Gasteiger partial charge in [-0.15, -0.1) is 0 Å². The SMILES string of the molecule is COc1ccc(/C=C/C(=O)NCCCN2CCCC[C@@H]2C)cc1F. The second-order valence-electron chi connectivity index (χ2n) is 6.25. The van der Waals surface area contributed by atoms with E-state index >= 15 is 0 Å². The molecule has 1 fully saturated rings. The predicted octanol–water partition coefficient (Wildman–Crippen LogP) is 3.23. The summed E-state index contributed by atoms with van der Waals surface area (Å²) in [5.74, 6) is -0.392. The zero-order valence-electron chi connectivity index (χ0n) is 14.6. The number of methoxy groups -OCH3 is 1. The lowest BCUT2D eigenvalue weighted by Crippen LogP contribution is -2.39. The standard InChI is InChI=1S/C19H27FN2O2/c1-15-6-3-4-12-22(15)13-5-11-21-19(23)10-8-16-7-9-18(24-2)17(20)14-16/h7-10,14-15H,3-6,11-13H2,1-2H3,(H,21,23)/b10-8+/t15-/m0/s1. The van der Waals surface area contributed by atoms with Gasteiger partial charge in [0.15, 0.2) is 11.6 Å². The van der Waals surface area contributed by atoms with Gasteiger partial charge < -0.3 is 15.0 Å². The second-order valence-corrected chi connectivity index (χ2v) is 6.25. The van der Waals surface area contributed by atoms with E-state index in [9.17, 15) is 9.18 Å². The van der Waals surface area contributed by atoms with Gasteiger partial charge in [-0.3, -0.25) is 4.79 Å². The molecule has 0 radical (unpaired) electrons. The van der Waals surface area contributed by atoms with Gasteiger partial charge in [0.2, 0.25) is 5.91 Å². The maximum Gasteiger partial charge on any atom is 0.243 e. The van der Waals surface area contributed by atoms with Gasteiger partial charge in [-0.1, -0.05) is 12.5 Å². The van der Waals surface area contributed by atoms with Crippen LogP contribution in [0.4, 0.5) is 4.39 Å². The second kappa shape index (κ2) is 9.42. The average Bonchev–Trinajstić information content (AvgIpc) is 2.58. The summed E-state index contributed by atoms with van der Waals surface area (Å²) in [7, 11) is 1.42. The number of piperidine rings is 1. The fraction of sp³-hybridized carbons (Fsp3) is 0.526. The van der Waals surface area contributed by atoms with E-state index in [0.717, 1.165) is 19.5 Å². The summed E-state index contributed by atoms with van der Waals surface area (Å²) in [6.45, 7) is 5.12. The van der Waals surface area contributed by atoms with E-state index in [2.05, 4.69) is 17.1 Å². The molecule has 0 aromatic heterocycles. The largest absolute Gasteiger partial charge is 0.494 e. The summed E-state index contributed by atoms with van der Waals surface area (Å²) in [5, 5.41) is 2.87. The Balaban J connectivity index is 1.70. The Morgan fingerprint density at radius 2 is 2.29 bits per heavy atom. The lowest BCUT2D eigenvalue weighted by molar-refractivity contribution is -0.116. The monoisotopic (exact) mass is 334 g/mol. The number of hydrogen-bond acceptors (Lipinski definition) is 3. The highest BCUT2D eigenvalue weighted by molar-refractivity contribution is 5.91. The van der Waals surface area contributed by atoms with E-state index in [4.69, 9.17) is 4.74 Å². The number of benzene rings is 1. The van der Waals surface area contributed by atoms with E-state index in [0.29, 0.717) is 18.2 Å². The van der Waals surface area contributed by atoms with Crippen molar-refractivity contribution in [1.82, 2.24) is 10.2 Å². The van der Waals surface area contributed by atoms with E-state index < -0.39 is 5.82 Å². The van der Waals surface area contributed by atoms with Crippen LogP contribution in [-0.4, -0.2) is 43.6 Å². The Hall–Kier alpha value is -1.88. The van der Waals surface area contributed by atoms with Gasteiger partial charge >= 0.3 is 0 Å². The summed E-state index contributed by atoms with van der Waals surface area (Å²) in [4.78, 5) is 14.3. The van der Waals surface area contributed by atoms with Crippen LogP contribution in [0, 0.1) is 5.82 Å². The Morgan fingerprint density at radius 1 is 1.46 bits per heavy atom. The maximum atomic E-state index is 13.6. The fourth-order valence-corrected chi connectivity index (χ4v) is 3.00. The highest BCUT2D eigenvalue weighted by Crippen LogP contribution is 2.18. The normalized spacial score (nSPS) is 18.7. The number of nitrogens with one attached hydrogen (secondary N) is 1. The van der Waals surface area contributed by atoms with Crippen LogP contribution >= 0.6 is 0 Å². The molecule has 1 amide bonds. The molecule has 2 rings (SSSR count). The van der Waals surface area contributed by atoms with Gasteiger partial charge in [-0.2, -0.15) is 0 Å². The van der Waals surface area contributed by atoms with Gasteiger partial charge in [0.1, 0.15) is 0 Å². The number of rotatable bonds is 7. The highest BCUT2D eigenvalue weighted by atomic mass is 19.1. The number of hydrogen-bond donors (Lipinski definition) is 1. The van der Waals surface area contributed by atoms with Crippen LogP contribution in [-0.2, 0) is 4.79 Å². The topological polar surface area (TPSA) is 41.6 Å². The molecule has 4 nitrogen and oxygen atoms in total. The molecule has 1 N–H and O–H groups in total. The number of amides is 1. The van der Waals surface area contributed by atoms with E-state index in [1.807, 2.05) is 0 Å². The molecule has 0 aliphatic carbocycles. The summed E-state index contributed by atoms with van der Waals surface area (Å²) in [6, 6.07) is 5.26. The molecular weight excluding hydrogens is 307 g/mol. The number of carbonyl (C=O) groups excluding carboxylic acids is 1. The third kappa shape index (κ3) is 5.64. The minimum Gasteiger partial charge on any atom is -0.494 e. The van der Waals surface area contributed by atoms with Crippen molar-refractivity contribution in [3.8, 4) is 5.75 Å². The van der Waals surface area contributed by atoms with Crippen LogP contribution < -0.4 is 10.1 Å². The first-order valence-electron chi connectivity index (χ1n) is 8.63. The van der Waals surface area contributed by atoms with Crippen molar-refractivity contribution in [1.29, 1.82) is 0 Å². The molecule has 0 saturated carbocycles. The van der Waals surface area contributed by atoms with Crippen LogP contribution in [0.2, 0.25) is 0 Å². The number of carbonyl (C=O) groups is 1. The summed E-state index contributed by atoms with van der Waals surface area (Å²) in [5.41, 5.74) is 0.630. The van der Waals surface area contributed by atoms with Crippen molar-refractivity contribution < 1.29 is 13.9 Å². The molecule has 0 bridgehead atoms. The Labute approximate surface area is 143 Å². The van der Waals surface area contributed by atoms with Crippen LogP contribution in [0.5, 0.6) is 5.75 Å². The smallest absolute Gasteiger partial charge is 0.243 e. The Morgan fingerprint density at radius 3 is 3.00 bits per heavy atom. The molecule has 0 unspecified atom stereocenters. The first-order chi connectivity index (χ1) is 11.6. The minimum absolute atomic E-state index is 0.155. The van der Waals surface area contributed by atoms with Crippen LogP contribution in [0.15, 0.2) is 24.3 Å². The molecule has 24 heavy (non-hydrogen) atoms. The molecule has 0 spiro atoms. The third-order valence-electron chi connectivity index (χ3n) is 4.46. The molecule has 132 valence electrons. The van der Waals surface area contributed by atoms with E-state index in [-0.39, 0.29) is 11.7 Å². The quantitative estimate of drug-likeness (QED) is 0.615. The molecule has 1 saturated heterocycles. The van der Waals surface area contributed by atoms with Gasteiger partial charge in [-0.05, 0) is 56.5 Å². The molecule has 1 heterocycles. The molecule has 1 aromatic carbocycles. The zero-order valence-corrected chi connectivity index (χ0v) is 14.6. The highest BCUT2D eigenvalue weighted by Gasteiger charge is 2.17. The first-order valence-corrected chi connectivity index (χ1v) is 8.63. The zero-order chi connectivity index (χ0) is 17.4. The van der Waals surface area contributed by atoms with Crippen molar-refractivity contribution in [2.24, 2.45) is 0 Å². The van der Waals surface area contributed by atoms with Crippen molar-refractivity contribution >= 4 is 12.0 Å². The van der Waals surface area contributed by atoms with Crippen molar-refractivity contribution in [3.05, 3.63) is 35.7 Å². The lowest BCUT2D eigenvalue weighted by Gasteiger charge is -2.33. The fourth-order valence-electron chi connectivity index (χ4n) is 3.00. The number of nitrogens with zero attached hydrogens (tertiary/aromatic N) is 1. The molecule has 1 atom stereocenters. The number of likely N-dealkylation sites (tertiary alicyclic amines) is 1. The van der Waals surface area contributed by atoms with E-state index in [1.54, 1.807) is 18.2 Å². The molecule has 5 heteroatoms. The van der Waals surface area contributed by atoms with Gasteiger partial charge in [0, 0.05) is 25.2 Å². The molecule has 1 aromatic rings. The van der Waals surface area contributed by atoms with Gasteiger partial charge in [0.25, 0.3) is 0 Å². The molecular formula is C19H27FN2O2. The number of ether oxygens (including phenoxy) is 1. The minimum atomic E-state index is -0.435.